The number of sulfonamides is 1. The fraction of sp³-hybridized carbons (Fsp3) is 0.600. The minimum Gasteiger partial charge on any atom is -0.399 e. The van der Waals surface area contributed by atoms with Crippen molar-refractivity contribution in [2.45, 2.75) is 44.9 Å². The molecule has 112 valence electrons. The maximum absolute atomic E-state index is 12.9. The van der Waals surface area contributed by atoms with Gasteiger partial charge >= 0.3 is 0 Å². The standard InChI is InChI=1S/C15H24N2O2S/c1-4-7-17(10-13-5-6-13)20(18,19)15-11(2)8-14(16)9-12(15)3/h8-9,13H,4-7,10,16H2,1-3H3. The molecule has 1 aliphatic carbocycles. The molecular formula is C15H24N2O2S. The molecule has 0 bridgehead atoms. The Morgan fingerprint density at radius 1 is 1.25 bits per heavy atom. The van der Waals surface area contributed by atoms with Gasteiger partial charge in [-0.1, -0.05) is 6.92 Å². The van der Waals surface area contributed by atoms with Gasteiger partial charge in [-0.3, -0.25) is 0 Å². The molecule has 0 atom stereocenters. The average molecular weight is 296 g/mol. The molecule has 0 unspecified atom stereocenters. The molecule has 1 fully saturated rings. The van der Waals surface area contributed by atoms with Gasteiger partial charge in [-0.2, -0.15) is 4.31 Å². The lowest BCUT2D eigenvalue weighted by molar-refractivity contribution is 0.395. The van der Waals surface area contributed by atoms with Crippen molar-refractivity contribution in [2.75, 3.05) is 18.8 Å². The summed E-state index contributed by atoms with van der Waals surface area (Å²) in [5, 5.41) is 0. The first-order valence-corrected chi connectivity index (χ1v) is 8.67. The van der Waals surface area contributed by atoms with Crippen molar-refractivity contribution in [1.82, 2.24) is 4.31 Å². The predicted octanol–water partition coefficient (Wildman–Crippen LogP) is 2.70. The van der Waals surface area contributed by atoms with Crippen LogP contribution in [0.2, 0.25) is 0 Å². The second-order valence-electron chi connectivity index (χ2n) is 5.79. The Kier molecular flexibility index (Phi) is 4.39. The van der Waals surface area contributed by atoms with Crippen LogP contribution >= 0.6 is 0 Å². The second kappa shape index (κ2) is 5.74. The molecule has 0 radical (unpaired) electrons. The summed E-state index contributed by atoms with van der Waals surface area (Å²) in [5.41, 5.74) is 7.87. The van der Waals surface area contributed by atoms with E-state index in [0.717, 1.165) is 30.4 Å². The van der Waals surface area contributed by atoms with E-state index in [9.17, 15) is 8.42 Å². The molecule has 0 amide bonds. The third kappa shape index (κ3) is 3.15. The van der Waals surface area contributed by atoms with E-state index in [4.69, 9.17) is 5.73 Å². The van der Waals surface area contributed by atoms with E-state index < -0.39 is 10.0 Å². The van der Waals surface area contributed by atoms with Crippen molar-refractivity contribution >= 4 is 15.7 Å². The van der Waals surface area contributed by atoms with Gasteiger partial charge in [0.15, 0.2) is 0 Å². The van der Waals surface area contributed by atoms with Crippen LogP contribution < -0.4 is 5.73 Å². The van der Waals surface area contributed by atoms with Gasteiger partial charge in [0.2, 0.25) is 10.0 Å². The quantitative estimate of drug-likeness (QED) is 0.821. The number of anilines is 1. The molecule has 0 heterocycles. The van der Waals surface area contributed by atoms with Gasteiger partial charge in [-0.25, -0.2) is 8.42 Å². The first-order valence-electron chi connectivity index (χ1n) is 7.23. The lowest BCUT2D eigenvalue weighted by Gasteiger charge is -2.24. The van der Waals surface area contributed by atoms with Crippen molar-refractivity contribution in [3.05, 3.63) is 23.3 Å². The normalized spacial score (nSPS) is 15.8. The van der Waals surface area contributed by atoms with Gasteiger partial charge in [0.1, 0.15) is 0 Å². The summed E-state index contributed by atoms with van der Waals surface area (Å²) >= 11 is 0. The van der Waals surface area contributed by atoms with E-state index in [1.165, 1.54) is 0 Å². The molecule has 1 aliphatic rings. The highest BCUT2D eigenvalue weighted by atomic mass is 32.2. The molecule has 1 aromatic carbocycles. The lowest BCUT2D eigenvalue weighted by Crippen LogP contribution is -2.34. The Morgan fingerprint density at radius 3 is 2.25 bits per heavy atom. The van der Waals surface area contributed by atoms with Gasteiger partial charge in [0.05, 0.1) is 4.90 Å². The zero-order valence-electron chi connectivity index (χ0n) is 12.5. The fourth-order valence-corrected chi connectivity index (χ4v) is 4.69. The van der Waals surface area contributed by atoms with Crippen molar-refractivity contribution in [2.24, 2.45) is 5.92 Å². The van der Waals surface area contributed by atoms with Crippen LogP contribution in [0.5, 0.6) is 0 Å². The average Bonchev–Trinajstić information content (AvgIpc) is 3.10. The number of nitrogens with zero attached hydrogens (tertiary/aromatic N) is 1. The molecule has 1 aromatic rings. The van der Waals surface area contributed by atoms with E-state index in [1.807, 2.05) is 20.8 Å². The molecule has 20 heavy (non-hydrogen) atoms. The van der Waals surface area contributed by atoms with Gasteiger partial charge in [-0.15, -0.1) is 0 Å². The van der Waals surface area contributed by atoms with Crippen LogP contribution in [-0.4, -0.2) is 25.8 Å². The highest BCUT2D eigenvalue weighted by molar-refractivity contribution is 7.89. The lowest BCUT2D eigenvalue weighted by atomic mass is 10.1. The molecule has 0 saturated heterocycles. The third-order valence-corrected chi connectivity index (χ3v) is 5.88. The number of hydrogen-bond donors (Lipinski definition) is 1. The van der Waals surface area contributed by atoms with Crippen molar-refractivity contribution in [3.8, 4) is 0 Å². The van der Waals surface area contributed by atoms with Gasteiger partial charge in [0.25, 0.3) is 0 Å². The van der Waals surface area contributed by atoms with Crippen LogP contribution in [0.15, 0.2) is 17.0 Å². The number of benzene rings is 1. The third-order valence-electron chi connectivity index (χ3n) is 3.71. The maximum atomic E-state index is 12.9. The van der Waals surface area contributed by atoms with Gasteiger partial charge in [0, 0.05) is 18.8 Å². The molecule has 1 saturated carbocycles. The van der Waals surface area contributed by atoms with Gasteiger partial charge in [-0.05, 0) is 62.3 Å². The zero-order chi connectivity index (χ0) is 14.9. The Balaban J connectivity index is 2.41. The van der Waals surface area contributed by atoms with E-state index >= 15 is 0 Å². The molecular weight excluding hydrogens is 272 g/mol. The Hall–Kier alpha value is -1.07. The van der Waals surface area contributed by atoms with Crippen LogP contribution in [-0.2, 0) is 10.0 Å². The fourth-order valence-electron chi connectivity index (χ4n) is 2.67. The van der Waals surface area contributed by atoms with Crippen molar-refractivity contribution in [3.63, 3.8) is 0 Å². The first kappa shape index (κ1) is 15.3. The summed E-state index contributed by atoms with van der Waals surface area (Å²) in [5.74, 6) is 0.547. The van der Waals surface area contributed by atoms with E-state index in [2.05, 4.69) is 0 Å². The van der Waals surface area contributed by atoms with E-state index in [0.29, 0.717) is 29.6 Å². The number of rotatable bonds is 6. The highest BCUT2D eigenvalue weighted by Gasteiger charge is 2.32. The van der Waals surface area contributed by atoms with E-state index in [-0.39, 0.29) is 0 Å². The number of nitrogens with two attached hydrogens (primary N) is 1. The monoisotopic (exact) mass is 296 g/mol. The minimum absolute atomic E-state index is 0.431. The smallest absolute Gasteiger partial charge is 0.243 e. The molecule has 0 aromatic heterocycles. The van der Waals surface area contributed by atoms with Crippen molar-refractivity contribution in [1.29, 1.82) is 0 Å². The number of aryl methyl sites for hydroxylation is 2. The largest absolute Gasteiger partial charge is 0.399 e. The summed E-state index contributed by atoms with van der Waals surface area (Å²) in [6.45, 7) is 6.88. The second-order valence-corrected chi connectivity index (χ2v) is 7.67. The van der Waals surface area contributed by atoms with Crippen LogP contribution in [0.3, 0.4) is 0 Å². The molecule has 4 nitrogen and oxygen atoms in total. The first-order chi connectivity index (χ1) is 9.36. The Bertz CT molecular complexity index is 569. The molecule has 0 spiro atoms. The molecule has 5 heteroatoms. The van der Waals surface area contributed by atoms with Crippen LogP contribution in [0.25, 0.3) is 0 Å². The summed E-state index contributed by atoms with van der Waals surface area (Å²) < 4.78 is 27.5. The maximum Gasteiger partial charge on any atom is 0.243 e. The van der Waals surface area contributed by atoms with Crippen LogP contribution in [0.1, 0.15) is 37.3 Å². The molecule has 0 aliphatic heterocycles. The number of nitrogen functional groups attached to an aromatic ring is 1. The summed E-state index contributed by atoms with van der Waals surface area (Å²) in [6, 6.07) is 3.47. The molecule has 2 N–H and O–H groups in total. The van der Waals surface area contributed by atoms with Gasteiger partial charge < -0.3 is 5.73 Å². The minimum atomic E-state index is -3.42. The number of hydrogen-bond acceptors (Lipinski definition) is 3. The summed E-state index contributed by atoms with van der Waals surface area (Å²) in [4.78, 5) is 0.431. The highest BCUT2D eigenvalue weighted by Crippen LogP contribution is 2.33. The zero-order valence-corrected chi connectivity index (χ0v) is 13.3. The molecule has 2 rings (SSSR count). The predicted molar refractivity (Wildman–Crippen MR) is 82.1 cm³/mol. The summed E-state index contributed by atoms with van der Waals surface area (Å²) in [6.07, 6.45) is 3.13. The van der Waals surface area contributed by atoms with E-state index in [1.54, 1.807) is 16.4 Å². The topological polar surface area (TPSA) is 63.4 Å². The SMILES string of the molecule is CCCN(CC1CC1)S(=O)(=O)c1c(C)cc(N)cc1C. The van der Waals surface area contributed by atoms with Crippen LogP contribution in [0.4, 0.5) is 5.69 Å². The Labute approximate surface area is 122 Å². The van der Waals surface area contributed by atoms with Crippen LogP contribution in [0, 0.1) is 19.8 Å². The summed E-state index contributed by atoms with van der Waals surface area (Å²) in [7, 11) is -3.42. The van der Waals surface area contributed by atoms with Crippen molar-refractivity contribution < 1.29 is 8.42 Å². The Morgan fingerprint density at radius 2 is 1.80 bits per heavy atom.